The molecular weight excluding hydrogens is 286 g/mol. The summed E-state index contributed by atoms with van der Waals surface area (Å²) in [5, 5.41) is 0. The zero-order valence-electron chi connectivity index (χ0n) is 13.3. The highest BCUT2D eigenvalue weighted by Crippen LogP contribution is 2.39. The fraction of sp³-hybridized carbons (Fsp3) is 0.421. The van der Waals surface area contributed by atoms with Crippen LogP contribution in [0.25, 0.3) is 0 Å². The second-order valence-corrected chi connectivity index (χ2v) is 6.59. The van der Waals surface area contributed by atoms with Gasteiger partial charge in [-0.3, -0.25) is 4.98 Å². The number of rotatable bonds is 4. The molecule has 2 saturated heterocycles. The lowest BCUT2D eigenvalue weighted by atomic mass is 9.77. The first-order valence-electron chi connectivity index (χ1n) is 8.46. The number of benzene rings is 1. The molecule has 1 aromatic carbocycles. The third-order valence-corrected chi connectivity index (χ3v) is 5.21. The van der Waals surface area contributed by atoms with E-state index in [9.17, 15) is 0 Å². The van der Waals surface area contributed by atoms with Crippen LogP contribution >= 0.6 is 0 Å². The Morgan fingerprint density at radius 3 is 2.52 bits per heavy atom. The summed E-state index contributed by atoms with van der Waals surface area (Å²) in [6.45, 7) is 1.66. The summed E-state index contributed by atoms with van der Waals surface area (Å²) in [5.41, 5.74) is 8.09. The van der Waals surface area contributed by atoms with Crippen LogP contribution in [-0.4, -0.2) is 23.7 Å². The van der Waals surface area contributed by atoms with Gasteiger partial charge in [-0.25, -0.2) is 0 Å². The summed E-state index contributed by atoms with van der Waals surface area (Å²) in [7, 11) is 0. The molecule has 2 aliphatic heterocycles. The van der Waals surface area contributed by atoms with E-state index in [-0.39, 0.29) is 0 Å². The van der Waals surface area contributed by atoms with Gasteiger partial charge in [-0.2, -0.15) is 0 Å². The van der Waals surface area contributed by atoms with Gasteiger partial charge in [0.15, 0.2) is 0 Å². The van der Waals surface area contributed by atoms with Gasteiger partial charge in [-0.05, 0) is 42.7 Å². The smallest absolute Gasteiger partial charge is 0.119 e. The van der Waals surface area contributed by atoms with Gasteiger partial charge in [0, 0.05) is 49.6 Å². The van der Waals surface area contributed by atoms with Crippen LogP contribution in [-0.2, 0) is 6.54 Å². The minimum absolute atomic E-state index is 0.329. The highest BCUT2D eigenvalue weighted by atomic mass is 16.5. The number of nitrogens with two attached hydrogens (primary N) is 1. The van der Waals surface area contributed by atoms with Crippen LogP contribution in [0.5, 0.6) is 5.75 Å². The van der Waals surface area contributed by atoms with Gasteiger partial charge in [0.05, 0.1) is 0 Å². The van der Waals surface area contributed by atoms with Crippen molar-refractivity contribution < 1.29 is 4.74 Å². The number of fused-ring (bicyclic) bond motifs is 3. The molecule has 23 heavy (non-hydrogen) atoms. The maximum atomic E-state index is 6.29. The van der Waals surface area contributed by atoms with Gasteiger partial charge in [-0.1, -0.05) is 12.1 Å². The number of hydrogen-bond acceptors (Lipinski definition) is 4. The van der Waals surface area contributed by atoms with Crippen LogP contribution in [0.3, 0.4) is 0 Å². The number of anilines is 1. The average molecular weight is 309 g/mol. The molecule has 1 saturated carbocycles. The van der Waals surface area contributed by atoms with Gasteiger partial charge in [0.1, 0.15) is 11.9 Å². The quantitative estimate of drug-likeness (QED) is 0.943. The summed E-state index contributed by atoms with van der Waals surface area (Å²) in [5.74, 6) is 1.57. The van der Waals surface area contributed by atoms with Gasteiger partial charge in [0.2, 0.25) is 0 Å². The second-order valence-electron chi connectivity index (χ2n) is 6.59. The van der Waals surface area contributed by atoms with Crippen LogP contribution in [0.15, 0.2) is 48.8 Å². The highest BCUT2D eigenvalue weighted by molar-refractivity contribution is 5.47. The molecule has 3 aliphatic rings. The molecule has 0 amide bonds. The van der Waals surface area contributed by atoms with Crippen molar-refractivity contribution in [3.63, 3.8) is 0 Å². The molecule has 4 nitrogen and oxygen atoms in total. The number of piperidine rings is 2. The molecule has 1 aliphatic carbocycles. The van der Waals surface area contributed by atoms with Crippen LogP contribution in [0.1, 0.15) is 24.8 Å². The molecule has 120 valence electrons. The molecule has 2 N–H and O–H groups in total. The predicted molar refractivity (Wildman–Crippen MR) is 91.5 cm³/mol. The Kier molecular flexibility index (Phi) is 3.92. The van der Waals surface area contributed by atoms with E-state index < -0.39 is 0 Å². The Balaban J connectivity index is 1.45. The molecule has 2 bridgehead atoms. The van der Waals surface area contributed by atoms with E-state index in [4.69, 9.17) is 10.5 Å². The Hall–Kier alpha value is -2.07. The maximum absolute atomic E-state index is 6.29. The average Bonchev–Trinajstić information content (AvgIpc) is 2.64. The van der Waals surface area contributed by atoms with E-state index in [1.165, 1.54) is 18.5 Å². The van der Waals surface area contributed by atoms with E-state index in [0.717, 1.165) is 24.3 Å². The SMILES string of the molecule is NCc1ccc(OC2CC3CCC2CN3c2ccncc2)cc1. The first kappa shape index (κ1) is 14.5. The van der Waals surface area contributed by atoms with Crippen LogP contribution in [0.2, 0.25) is 0 Å². The van der Waals surface area contributed by atoms with Crippen molar-refractivity contribution in [1.29, 1.82) is 0 Å². The normalized spacial score (nSPS) is 26.3. The maximum Gasteiger partial charge on any atom is 0.119 e. The summed E-state index contributed by atoms with van der Waals surface area (Å²) >= 11 is 0. The van der Waals surface area contributed by atoms with Crippen molar-refractivity contribution in [3.8, 4) is 5.75 Å². The lowest BCUT2D eigenvalue weighted by molar-refractivity contribution is 0.0572. The molecule has 3 heterocycles. The van der Waals surface area contributed by atoms with E-state index >= 15 is 0 Å². The minimum atomic E-state index is 0.329. The molecule has 0 spiro atoms. The fourth-order valence-corrected chi connectivity index (χ4v) is 3.94. The Morgan fingerprint density at radius 1 is 1.09 bits per heavy atom. The largest absolute Gasteiger partial charge is 0.490 e. The Bertz CT molecular complexity index is 643. The van der Waals surface area contributed by atoms with Crippen LogP contribution in [0.4, 0.5) is 5.69 Å². The van der Waals surface area contributed by atoms with Gasteiger partial charge in [0.25, 0.3) is 0 Å². The molecule has 0 radical (unpaired) electrons. The third-order valence-electron chi connectivity index (χ3n) is 5.21. The molecule has 5 rings (SSSR count). The number of aromatic nitrogens is 1. The summed E-state index contributed by atoms with van der Waals surface area (Å²) in [4.78, 5) is 6.66. The third kappa shape index (κ3) is 2.91. The van der Waals surface area contributed by atoms with Gasteiger partial charge >= 0.3 is 0 Å². The van der Waals surface area contributed by atoms with E-state index in [1.54, 1.807) is 0 Å². The minimum Gasteiger partial charge on any atom is -0.490 e. The van der Waals surface area contributed by atoms with E-state index in [0.29, 0.717) is 24.6 Å². The van der Waals surface area contributed by atoms with E-state index in [2.05, 4.69) is 34.1 Å². The van der Waals surface area contributed by atoms with Crippen molar-refractivity contribution >= 4 is 5.69 Å². The molecule has 3 unspecified atom stereocenters. The number of pyridine rings is 1. The van der Waals surface area contributed by atoms with Crippen molar-refractivity contribution in [2.45, 2.75) is 38.0 Å². The Labute approximate surface area is 137 Å². The standard InChI is InChI=1S/C19H23N3O/c20-12-14-1-5-18(6-2-14)23-19-11-17-4-3-15(19)13-22(17)16-7-9-21-10-8-16/h1-2,5-10,15,17,19H,3-4,11-13,20H2. The molecule has 3 atom stereocenters. The van der Waals surface area contributed by atoms with Gasteiger partial charge in [-0.15, -0.1) is 0 Å². The lowest BCUT2D eigenvalue weighted by Gasteiger charge is -2.50. The van der Waals surface area contributed by atoms with Crippen LogP contribution in [0, 0.1) is 5.92 Å². The zero-order valence-corrected chi connectivity index (χ0v) is 13.3. The fourth-order valence-electron chi connectivity index (χ4n) is 3.94. The Morgan fingerprint density at radius 2 is 1.87 bits per heavy atom. The number of ether oxygens (including phenoxy) is 1. The summed E-state index contributed by atoms with van der Waals surface area (Å²) in [6, 6.07) is 13.0. The van der Waals surface area contributed by atoms with Gasteiger partial charge < -0.3 is 15.4 Å². The zero-order chi connectivity index (χ0) is 15.6. The predicted octanol–water partition coefficient (Wildman–Crippen LogP) is 2.98. The molecule has 4 heteroatoms. The topological polar surface area (TPSA) is 51.4 Å². The first-order chi connectivity index (χ1) is 11.3. The monoisotopic (exact) mass is 309 g/mol. The van der Waals surface area contributed by atoms with Crippen molar-refractivity contribution in [1.82, 2.24) is 4.98 Å². The molecular formula is C19H23N3O. The molecule has 1 aromatic heterocycles. The number of nitrogens with zero attached hydrogens (tertiary/aromatic N) is 2. The highest BCUT2D eigenvalue weighted by Gasteiger charge is 2.41. The van der Waals surface area contributed by atoms with Crippen molar-refractivity contribution in [2.75, 3.05) is 11.4 Å². The lowest BCUT2D eigenvalue weighted by Crippen LogP contribution is -2.55. The summed E-state index contributed by atoms with van der Waals surface area (Å²) in [6.07, 6.45) is 7.72. The van der Waals surface area contributed by atoms with Crippen molar-refractivity contribution in [2.24, 2.45) is 11.7 Å². The first-order valence-corrected chi connectivity index (χ1v) is 8.46. The number of hydrogen-bond donors (Lipinski definition) is 1. The molecule has 3 fully saturated rings. The van der Waals surface area contributed by atoms with Crippen LogP contribution < -0.4 is 15.4 Å². The van der Waals surface area contributed by atoms with E-state index in [1.807, 2.05) is 24.5 Å². The molecule has 2 aromatic rings. The summed E-state index contributed by atoms with van der Waals surface area (Å²) < 4.78 is 6.29. The van der Waals surface area contributed by atoms with Crippen molar-refractivity contribution in [3.05, 3.63) is 54.4 Å². The second kappa shape index (κ2) is 6.20.